The number of fused-ring (bicyclic) bond motifs is 1. The van der Waals surface area contributed by atoms with E-state index in [0.717, 1.165) is 18.4 Å². The third kappa shape index (κ3) is 1.05. The van der Waals surface area contributed by atoms with Gasteiger partial charge < -0.3 is 5.11 Å². The molecule has 0 amide bonds. The molecule has 64 valence electrons. The Morgan fingerprint density at radius 3 is 2.67 bits per heavy atom. The van der Waals surface area contributed by atoms with Crippen LogP contribution in [0.15, 0.2) is 24.3 Å². The molecule has 0 fully saturated rings. The Labute approximate surface area is 73.0 Å². The van der Waals surface area contributed by atoms with Crippen molar-refractivity contribution in [2.24, 2.45) is 0 Å². The normalized spacial score (nSPS) is 27.2. The zero-order valence-corrected chi connectivity index (χ0v) is 7.33. The van der Waals surface area contributed by atoms with Gasteiger partial charge in [0.1, 0.15) is 0 Å². The standard InChI is InChI=1S/C11H14O/c1-2-8-7-11(12)10-6-4-3-5-9(8)10/h3-6,8,11-12H,2,7H2,1H3/t8-,11+/m0/s1. The van der Waals surface area contributed by atoms with E-state index in [1.807, 2.05) is 12.1 Å². The molecule has 1 heteroatoms. The van der Waals surface area contributed by atoms with Crippen LogP contribution in [0.4, 0.5) is 0 Å². The second kappa shape index (κ2) is 2.91. The Morgan fingerprint density at radius 2 is 2.00 bits per heavy atom. The van der Waals surface area contributed by atoms with Crippen LogP contribution in [-0.4, -0.2) is 5.11 Å². The molecule has 1 aliphatic rings. The van der Waals surface area contributed by atoms with E-state index in [-0.39, 0.29) is 6.10 Å². The highest BCUT2D eigenvalue weighted by Crippen LogP contribution is 2.41. The van der Waals surface area contributed by atoms with Crippen molar-refractivity contribution >= 4 is 0 Å². The minimum atomic E-state index is -0.217. The largest absolute Gasteiger partial charge is 0.388 e. The zero-order valence-electron chi connectivity index (χ0n) is 7.33. The predicted octanol–water partition coefficient (Wildman–Crippen LogP) is 2.62. The molecule has 2 atom stereocenters. The second-order valence-corrected chi connectivity index (χ2v) is 3.49. The van der Waals surface area contributed by atoms with Crippen molar-refractivity contribution in [3.8, 4) is 0 Å². The molecule has 1 aromatic rings. The van der Waals surface area contributed by atoms with Gasteiger partial charge in [0.05, 0.1) is 6.10 Å². The Balaban J connectivity index is 2.43. The van der Waals surface area contributed by atoms with Gasteiger partial charge in [-0.3, -0.25) is 0 Å². The molecule has 0 aliphatic heterocycles. The summed E-state index contributed by atoms with van der Waals surface area (Å²) < 4.78 is 0. The Hall–Kier alpha value is -0.820. The molecule has 1 aromatic carbocycles. The van der Waals surface area contributed by atoms with Gasteiger partial charge in [-0.2, -0.15) is 0 Å². The molecule has 1 nitrogen and oxygen atoms in total. The van der Waals surface area contributed by atoms with Crippen LogP contribution in [-0.2, 0) is 0 Å². The van der Waals surface area contributed by atoms with Gasteiger partial charge in [-0.1, -0.05) is 31.2 Å². The molecule has 0 heterocycles. The van der Waals surface area contributed by atoms with Gasteiger partial charge in [-0.05, 0) is 29.9 Å². The van der Waals surface area contributed by atoms with Crippen LogP contribution in [0.5, 0.6) is 0 Å². The van der Waals surface area contributed by atoms with E-state index in [2.05, 4.69) is 19.1 Å². The molecule has 1 aliphatic carbocycles. The van der Waals surface area contributed by atoms with Crippen molar-refractivity contribution < 1.29 is 5.11 Å². The number of hydrogen-bond donors (Lipinski definition) is 1. The fraction of sp³-hybridized carbons (Fsp3) is 0.455. The van der Waals surface area contributed by atoms with Crippen LogP contribution in [0.25, 0.3) is 0 Å². The summed E-state index contributed by atoms with van der Waals surface area (Å²) in [5.41, 5.74) is 2.50. The minimum Gasteiger partial charge on any atom is -0.388 e. The maximum absolute atomic E-state index is 9.68. The molecule has 12 heavy (non-hydrogen) atoms. The molecule has 0 saturated heterocycles. The molecular weight excluding hydrogens is 148 g/mol. The van der Waals surface area contributed by atoms with Crippen LogP contribution in [0.3, 0.4) is 0 Å². The lowest BCUT2D eigenvalue weighted by Crippen LogP contribution is -1.90. The van der Waals surface area contributed by atoms with E-state index in [4.69, 9.17) is 0 Å². The fourth-order valence-electron chi connectivity index (χ4n) is 2.10. The molecule has 0 saturated carbocycles. The highest BCUT2D eigenvalue weighted by atomic mass is 16.3. The third-order valence-corrected chi connectivity index (χ3v) is 2.80. The number of benzene rings is 1. The third-order valence-electron chi connectivity index (χ3n) is 2.80. The lowest BCUT2D eigenvalue weighted by Gasteiger charge is -2.05. The lowest BCUT2D eigenvalue weighted by atomic mass is 9.99. The van der Waals surface area contributed by atoms with E-state index < -0.39 is 0 Å². The van der Waals surface area contributed by atoms with Crippen molar-refractivity contribution in [3.63, 3.8) is 0 Å². The van der Waals surface area contributed by atoms with Crippen molar-refractivity contribution in [2.45, 2.75) is 31.8 Å². The van der Waals surface area contributed by atoms with Crippen LogP contribution in [0.1, 0.15) is 42.9 Å². The summed E-state index contributed by atoms with van der Waals surface area (Å²) in [5, 5.41) is 9.68. The summed E-state index contributed by atoms with van der Waals surface area (Å²) in [4.78, 5) is 0. The van der Waals surface area contributed by atoms with Gasteiger partial charge in [-0.25, -0.2) is 0 Å². The van der Waals surface area contributed by atoms with E-state index in [1.54, 1.807) is 0 Å². The van der Waals surface area contributed by atoms with Gasteiger partial charge in [0.25, 0.3) is 0 Å². The van der Waals surface area contributed by atoms with Gasteiger partial charge in [-0.15, -0.1) is 0 Å². The first kappa shape index (κ1) is 7.81. The summed E-state index contributed by atoms with van der Waals surface area (Å²) in [7, 11) is 0. The average Bonchev–Trinajstić information content (AvgIpc) is 2.44. The number of aliphatic hydroxyl groups excluding tert-OH is 1. The lowest BCUT2D eigenvalue weighted by molar-refractivity contribution is 0.172. The van der Waals surface area contributed by atoms with Crippen LogP contribution >= 0.6 is 0 Å². The van der Waals surface area contributed by atoms with E-state index in [1.165, 1.54) is 5.56 Å². The fourth-order valence-corrected chi connectivity index (χ4v) is 2.10. The van der Waals surface area contributed by atoms with Crippen LogP contribution in [0.2, 0.25) is 0 Å². The van der Waals surface area contributed by atoms with Gasteiger partial charge in [0, 0.05) is 0 Å². The van der Waals surface area contributed by atoms with Crippen LogP contribution < -0.4 is 0 Å². The van der Waals surface area contributed by atoms with Gasteiger partial charge in [0.15, 0.2) is 0 Å². The zero-order chi connectivity index (χ0) is 8.55. The molecule has 2 rings (SSSR count). The Kier molecular flexibility index (Phi) is 1.89. The first-order valence-electron chi connectivity index (χ1n) is 4.59. The number of aliphatic hydroxyl groups is 1. The van der Waals surface area contributed by atoms with Crippen molar-refractivity contribution in [1.29, 1.82) is 0 Å². The van der Waals surface area contributed by atoms with E-state index in [0.29, 0.717) is 5.92 Å². The van der Waals surface area contributed by atoms with Crippen molar-refractivity contribution in [3.05, 3.63) is 35.4 Å². The van der Waals surface area contributed by atoms with Crippen molar-refractivity contribution in [2.75, 3.05) is 0 Å². The molecule has 0 aromatic heterocycles. The molecule has 1 N–H and O–H groups in total. The smallest absolute Gasteiger partial charge is 0.0798 e. The molecular formula is C11H14O. The van der Waals surface area contributed by atoms with Crippen LogP contribution in [0, 0.1) is 0 Å². The summed E-state index contributed by atoms with van der Waals surface area (Å²) in [5.74, 6) is 0.580. The average molecular weight is 162 g/mol. The Bertz CT molecular complexity index is 280. The quantitative estimate of drug-likeness (QED) is 0.673. The summed E-state index contributed by atoms with van der Waals surface area (Å²) in [6.45, 7) is 2.18. The number of rotatable bonds is 1. The maximum atomic E-state index is 9.68. The molecule has 0 bridgehead atoms. The van der Waals surface area contributed by atoms with Gasteiger partial charge in [0.2, 0.25) is 0 Å². The SMILES string of the molecule is CC[C@H]1C[C@@H](O)c2ccccc21. The number of hydrogen-bond acceptors (Lipinski definition) is 1. The second-order valence-electron chi connectivity index (χ2n) is 3.49. The molecule has 0 radical (unpaired) electrons. The topological polar surface area (TPSA) is 20.2 Å². The highest BCUT2D eigenvalue weighted by Gasteiger charge is 2.27. The first-order chi connectivity index (χ1) is 5.83. The van der Waals surface area contributed by atoms with Crippen molar-refractivity contribution in [1.82, 2.24) is 0 Å². The highest BCUT2D eigenvalue weighted by molar-refractivity contribution is 5.36. The minimum absolute atomic E-state index is 0.217. The summed E-state index contributed by atoms with van der Waals surface area (Å²) >= 11 is 0. The van der Waals surface area contributed by atoms with Gasteiger partial charge >= 0.3 is 0 Å². The summed E-state index contributed by atoms with van der Waals surface area (Å²) in [6, 6.07) is 8.23. The van der Waals surface area contributed by atoms with E-state index >= 15 is 0 Å². The Morgan fingerprint density at radius 1 is 1.33 bits per heavy atom. The first-order valence-corrected chi connectivity index (χ1v) is 4.59. The summed E-state index contributed by atoms with van der Waals surface area (Å²) in [6.07, 6.45) is 1.83. The maximum Gasteiger partial charge on any atom is 0.0798 e. The molecule has 0 unspecified atom stereocenters. The predicted molar refractivity (Wildman–Crippen MR) is 49.1 cm³/mol. The monoisotopic (exact) mass is 162 g/mol. The molecule has 0 spiro atoms. The van der Waals surface area contributed by atoms with E-state index in [9.17, 15) is 5.11 Å².